The van der Waals surface area contributed by atoms with Crippen LogP contribution in [-0.4, -0.2) is 30.2 Å². The topological polar surface area (TPSA) is 27.1 Å². The van der Waals surface area contributed by atoms with Crippen LogP contribution in [0.1, 0.15) is 79.6 Å². The van der Waals surface area contributed by atoms with Gasteiger partial charge < -0.3 is 5.41 Å². The maximum atomic E-state index is 8.77. The van der Waals surface area contributed by atoms with E-state index in [1.54, 1.807) is 0 Å². The van der Waals surface area contributed by atoms with Crippen molar-refractivity contribution in [2.75, 3.05) is 19.6 Å². The SMILES string of the molecule is C=C(S/C(C)=C(/C(=N)CN1CCCC1)C(C)CC)C1CCC(C)(C)CC1. The van der Waals surface area contributed by atoms with Crippen molar-refractivity contribution < 1.29 is 0 Å². The molecule has 3 heteroatoms. The number of rotatable bonds is 8. The molecule has 1 saturated carbocycles. The van der Waals surface area contributed by atoms with Gasteiger partial charge >= 0.3 is 0 Å². The van der Waals surface area contributed by atoms with Crippen molar-refractivity contribution in [3.8, 4) is 0 Å². The number of allylic oxidation sites excluding steroid dienone is 2. The number of nitrogens with one attached hydrogen (secondary N) is 1. The Morgan fingerprint density at radius 1 is 1.23 bits per heavy atom. The first-order chi connectivity index (χ1) is 12.2. The molecule has 1 heterocycles. The lowest BCUT2D eigenvalue weighted by Crippen LogP contribution is -2.29. The quantitative estimate of drug-likeness (QED) is 0.467. The van der Waals surface area contributed by atoms with Crippen LogP contribution in [0.15, 0.2) is 22.0 Å². The fraction of sp³-hybridized carbons (Fsp3) is 0.783. The number of thioether (sulfide) groups is 1. The number of likely N-dealkylation sites (tertiary alicyclic amines) is 1. The van der Waals surface area contributed by atoms with Crippen LogP contribution in [0.25, 0.3) is 0 Å². The molecule has 0 radical (unpaired) electrons. The van der Waals surface area contributed by atoms with Crippen LogP contribution in [0.3, 0.4) is 0 Å². The largest absolute Gasteiger partial charge is 0.304 e. The Bertz CT molecular complexity index is 530. The van der Waals surface area contributed by atoms with E-state index in [0.717, 1.165) is 31.8 Å². The van der Waals surface area contributed by atoms with Crippen LogP contribution in [-0.2, 0) is 0 Å². The van der Waals surface area contributed by atoms with Gasteiger partial charge in [-0.15, -0.1) is 0 Å². The van der Waals surface area contributed by atoms with Crippen LogP contribution in [0.5, 0.6) is 0 Å². The molecule has 2 nitrogen and oxygen atoms in total. The molecule has 26 heavy (non-hydrogen) atoms. The van der Waals surface area contributed by atoms with Crippen molar-refractivity contribution in [3.63, 3.8) is 0 Å². The molecular weight excluding hydrogens is 336 g/mol. The molecular formula is C23H40N2S. The van der Waals surface area contributed by atoms with Gasteiger partial charge in [-0.25, -0.2) is 0 Å². The Labute approximate surface area is 166 Å². The minimum Gasteiger partial charge on any atom is -0.304 e. The molecule has 0 spiro atoms. The van der Waals surface area contributed by atoms with E-state index in [9.17, 15) is 0 Å². The summed E-state index contributed by atoms with van der Waals surface area (Å²) >= 11 is 1.87. The van der Waals surface area contributed by atoms with Gasteiger partial charge in [0.1, 0.15) is 0 Å². The lowest BCUT2D eigenvalue weighted by molar-refractivity contribution is 0.212. The maximum Gasteiger partial charge on any atom is 0.0496 e. The lowest BCUT2D eigenvalue weighted by atomic mass is 9.73. The van der Waals surface area contributed by atoms with Crippen molar-refractivity contribution in [2.24, 2.45) is 17.3 Å². The van der Waals surface area contributed by atoms with E-state index in [4.69, 9.17) is 5.41 Å². The van der Waals surface area contributed by atoms with Crippen LogP contribution >= 0.6 is 11.8 Å². The highest BCUT2D eigenvalue weighted by molar-refractivity contribution is 8.06. The summed E-state index contributed by atoms with van der Waals surface area (Å²) in [7, 11) is 0. The third-order valence-electron chi connectivity index (χ3n) is 6.47. The zero-order valence-electron chi connectivity index (χ0n) is 17.8. The summed E-state index contributed by atoms with van der Waals surface area (Å²) in [5.41, 5.74) is 2.62. The zero-order valence-corrected chi connectivity index (χ0v) is 18.6. The van der Waals surface area contributed by atoms with Crippen molar-refractivity contribution >= 4 is 17.5 Å². The van der Waals surface area contributed by atoms with E-state index < -0.39 is 0 Å². The van der Waals surface area contributed by atoms with Gasteiger partial charge in [0.25, 0.3) is 0 Å². The molecule has 0 amide bonds. The van der Waals surface area contributed by atoms with Crippen molar-refractivity contribution in [3.05, 3.63) is 22.0 Å². The average Bonchev–Trinajstić information content (AvgIpc) is 3.07. The number of hydrogen-bond acceptors (Lipinski definition) is 3. The fourth-order valence-corrected chi connectivity index (χ4v) is 5.60. The van der Waals surface area contributed by atoms with Crippen LogP contribution in [0, 0.1) is 22.7 Å². The second-order valence-corrected chi connectivity index (χ2v) is 10.6. The van der Waals surface area contributed by atoms with Gasteiger partial charge in [-0.2, -0.15) is 0 Å². The Morgan fingerprint density at radius 3 is 2.35 bits per heavy atom. The van der Waals surface area contributed by atoms with E-state index in [0.29, 0.717) is 17.3 Å². The van der Waals surface area contributed by atoms with Crippen molar-refractivity contribution in [1.29, 1.82) is 5.41 Å². The summed E-state index contributed by atoms with van der Waals surface area (Å²) in [5.74, 6) is 1.10. The van der Waals surface area contributed by atoms with Crippen molar-refractivity contribution in [2.45, 2.75) is 79.6 Å². The third kappa shape index (κ3) is 5.99. The lowest BCUT2D eigenvalue weighted by Gasteiger charge is -2.35. The second kappa shape index (κ2) is 9.59. The molecule has 0 aromatic rings. The molecule has 2 aliphatic rings. The van der Waals surface area contributed by atoms with Crippen LogP contribution < -0.4 is 0 Å². The Morgan fingerprint density at radius 2 is 1.81 bits per heavy atom. The highest BCUT2D eigenvalue weighted by Gasteiger charge is 2.29. The second-order valence-electron chi connectivity index (χ2n) is 9.25. The first-order valence-corrected chi connectivity index (χ1v) is 11.4. The average molecular weight is 377 g/mol. The molecule has 1 N–H and O–H groups in total. The van der Waals surface area contributed by atoms with Gasteiger partial charge in [0, 0.05) is 12.3 Å². The van der Waals surface area contributed by atoms with E-state index in [1.807, 2.05) is 11.8 Å². The highest BCUT2D eigenvalue weighted by Crippen LogP contribution is 2.45. The van der Waals surface area contributed by atoms with Crippen LogP contribution in [0.4, 0.5) is 0 Å². The third-order valence-corrected chi connectivity index (χ3v) is 7.59. The summed E-state index contributed by atoms with van der Waals surface area (Å²) in [6.07, 6.45) is 8.84. The molecule has 148 valence electrons. The molecule has 0 aromatic heterocycles. The molecule has 0 aromatic carbocycles. The smallest absolute Gasteiger partial charge is 0.0496 e. The van der Waals surface area contributed by atoms with Gasteiger partial charge in [-0.3, -0.25) is 4.90 Å². The molecule has 1 aliphatic heterocycles. The zero-order chi connectivity index (χ0) is 19.3. The Balaban J connectivity index is 2.04. The summed E-state index contributed by atoms with van der Waals surface area (Å²) < 4.78 is 0. The number of nitrogens with zero attached hydrogens (tertiary/aromatic N) is 1. The van der Waals surface area contributed by atoms with Gasteiger partial charge in [-0.05, 0) is 97.6 Å². The predicted molar refractivity (Wildman–Crippen MR) is 118 cm³/mol. The van der Waals surface area contributed by atoms with E-state index >= 15 is 0 Å². The molecule has 0 bridgehead atoms. The molecule has 1 unspecified atom stereocenters. The van der Waals surface area contributed by atoms with Crippen LogP contribution in [0.2, 0.25) is 0 Å². The standard InChI is InChI=1S/C23H40N2S/c1-7-17(2)22(21(24)16-25-14-8-9-15-25)19(4)26-18(3)20-10-12-23(5,6)13-11-20/h17,20,24H,3,7-16H2,1-2,4-6H3/b22-19+,24-21?. The molecule has 1 aliphatic carbocycles. The molecule has 2 fully saturated rings. The number of hydrogen-bond donors (Lipinski definition) is 1. The first kappa shape index (κ1) is 21.8. The molecule has 1 saturated heterocycles. The van der Waals surface area contributed by atoms with Gasteiger partial charge in [0.05, 0.1) is 0 Å². The Hall–Kier alpha value is -0.540. The monoisotopic (exact) mass is 376 g/mol. The molecule has 1 atom stereocenters. The van der Waals surface area contributed by atoms with Gasteiger partial charge in [0.15, 0.2) is 0 Å². The van der Waals surface area contributed by atoms with Gasteiger partial charge in [0.2, 0.25) is 0 Å². The van der Waals surface area contributed by atoms with E-state index in [2.05, 4.69) is 46.1 Å². The highest BCUT2D eigenvalue weighted by atomic mass is 32.2. The summed E-state index contributed by atoms with van der Waals surface area (Å²) in [5, 5.41) is 8.77. The fourth-order valence-electron chi connectivity index (χ4n) is 4.37. The van der Waals surface area contributed by atoms with E-state index in [-0.39, 0.29) is 0 Å². The maximum absolute atomic E-state index is 8.77. The normalized spacial score (nSPS) is 23.6. The Kier molecular flexibility index (Phi) is 8.03. The van der Waals surface area contributed by atoms with Crippen molar-refractivity contribution in [1.82, 2.24) is 4.90 Å². The van der Waals surface area contributed by atoms with Gasteiger partial charge in [-0.1, -0.05) is 46.0 Å². The van der Waals surface area contributed by atoms with E-state index in [1.165, 1.54) is 53.9 Å². The summed E-state index contributed by atoms with van der Waals surface area (Å²) in [4.78, 5) is 5.09. The molecule has 2 rings (SSSR count). The minimum absolute atomic E-state index is 0.454. The first-order valence-electron chi connectivity index (χ1n) is 10.6. The minimum atomic E-state index is 0.454. The predicted octanol–water partition coefficient (Wildman–Crippen LogP) is 6.89. The summed E-state index contributed by atoms with van der Waals surface area (Å²) in [6.45, 7) is 19.1. The summed E-state index contributed by atoms with van der Waals surface area (Å²) in [6, 6.07) is 0.